The summed E-state index contributed by atoms with van der Waals surface area (Å²) in [6.45, 7) is 6.00. The van der Waals surface area contributed by atoms with Crippen molar-refractivity contribution in [3.8, 4) is 0 Å². The predicted molar refractivity (Wildman–Crippen MR) is 98.7 cm³/mol. The number of benzene rings is 1. The Labute approximate surface area is 170 Å². The molecule has 1 aromatic carbocycles. The van der Waals surface area contributed by atoms with Crippen LogP contribution in [0.1, 0.15) is 33.3 Å². The fraction of sp³-hybridized carbons (Fsp3) is 0.368. The molecule has 8 nitrogen and oxygen atoms in total. The molecular formula is C19H21F3N2O6. The van der Waals surface area contributed by atoms with Gasteiger partial charge in [-0.1, -0.05) is 12.1 Å². The number of rotatable bonds is 5. The maximum atomic E-state index is 13.7. The molecule has 1 aliphatic rings. The van der Waals surface area contributed by atoms with Crippen LogP contribution in [0.25, 0.3) is 0 Å². The second kappa shape index (κ2) is 9.42. The van der Waals surface area contributed by atoms with Crippen LogP contribution < -0.4 is 10.2 Å². The molecule has 1 N–H and O–H groups in total. The summed E-state index contributed by atoms with van der Waals surface area (Å²) < 4.78 is 60.8. The lowest BCUT2D eigenvalue weighted by Gasteiger charge is -2.34. The van der Waals surface area contributed by atoms with Crippen molar-refractivity contribution in [2.45, 2.75) is 33.9 Å². The average Bonchev–Trinajstić information content (AvgIpc) is 2.65. The molecule has 2 rings (SSSR count). The number of ether oxygens (including phenoxy) is 4. The van der Waals surface area contributed by atoms with Gasteiger partial charge in [0, 0.05) is 0 Å². The molecule has 0 saturated carbocycles. The molecule has 0 radical (unpaired) electrons. The summed E-state index contributed by atoms with van der Waals surface area (Å²) in [5.41, 5.74) is -1.09. The highest BCUT2D eigenvalue weighted by Crippen LogP contribution is 2.41. The molecule has 0 aliphatic carbocycles. The van der Waals surface area contributed by atoms with E-state index in [2.05, 4.69) is 5.32 Å². The number of alkyl halides is 3. The normalized spacial score (nSPS) is 14.3. The molecule has 0 fully saturated rings. The van der Waals surface area contributed by atoms with Crippen molar-refractivity contribution in [3.63, 3.8) is 0 Å². The van der Waals surface area contributed by atoms with Crippen molar-refractivity contribution in [3.05, 3.63) is 53.0 Å². The molecule has 1 aromatic rings. The number of anilines is 1. The quantitative estimate of drug-likeness (QED) is 0.665. The van der Waals surface area contributed by atoms with Gasteiger partial charge in [0.05, 0.1) is 35.9 Å². The zero-order valence-corrected chi connectivity index (χ0v) is 16.8. The standard InChI is InChI=1S/C19H21F3N2O6/c1-5-27-17(25)29-15-11(3)23-12(4)16(30-18(26)28-6-2)24(15)14-10-8-7-9-13(14)19(20,21)22/h7-10,23H,5-6H2,1-4H3. The molecule has 164 valence electrons. The van der Waals surface area contributed by atoms with Gasteiger partial charge in [-0.2, -0.15) is 13.2 Å². The Balaban J connectivity index is 2.65. The fourth-order valence-corrected chi connectivity index (χ4v) is 2.64. The molecule has 1 aliphatic heterocycles. The second-order valence-electron chi connectivity index (χ2n) is 5.91. The second-order valence-corrected chi connectivity index (χ2v) is 5.91. The van der Waals surface area contributed by atoms with E-state index < -0.39 is 29.7 Å². The van der Waals surface area contributed by atoms with Crippen molar-refractivity contribution in [2.75, 3.05) is 18.1 Å². The van der Waals surface area contributed by atoms with Crippen LogP contribution in [0.2, 0.25) is 0 Å². The SMILES string of the molecule is CCOC(=O)OC1=C(C)NC(C)=C(OC(=O)OCC)N1c1ccccc1C(F)(F)F. The average molecular weight is 430 g/mol. The third kappa shape index (κ3) is 5.16. The van der Waals surface area contributed by atoms with E-state index in [1.165, 1.54) is 39.8 Å². The van der Waals surface area contributed by atoms with E-state index in [1.807, 2.05) is 0 Å². The summed E-state index contributed by atoms with van der Waals surface area (Å²) in [4.78, 5) is 24.7. The van der Waals surface area contributed by atoms with Crippen molar-refractivity contribution in [2.24, 2.45) is 0 Å². The van der Waals surface area contributed by atoms with E-state index in [1.54, 1.807) is 0 Å². The zero-order valence-electron chi connectivity index (χ0n) is 16.8. The van der Waals surface area contributed by atoms with Gasteiger partial charge in [-0.25, -0.2) is 14.5 Å². The minimum absolute atomic E-state index is 0.0151. The molecule has 0 spiro atoms. The molecule has 0 bridgehead atoms. The zero-order chi connectivity index (χ0) is 22.5. The highest BCUT2D eigenvalue weighted by molar-refractivity contribution is 5.70. The minimum atomic E-state index is -4.74. The van der Waals surface area contributed by atoms with Gasteiger partial charge in [0.15, 0.2) is 0 Å². The Morgan fingerprint density at radius 2 is 1.40 bits per heavy atom. The number of carbonyl (C=O) groups is 2. The maximum absolute atomic E-state index is 13.7. The van der Waals surface area contributed by atoms with Gasteiger partial charge < -0.3 is 24.3 Å². The van der Waals surface area contributed by atoms with Crippen LogP contribution in [0.3, 0.4) is 0 Å². The first kappa shape index (κ1) is 22.9. The first-order valence-corrected chi connectivity index (χ1v) is 8.94. The maximum Gasteiger partial charge on any atom is 0.515 e. The summed E-state index contributed by atoms with van der Waals surface area (Å²) in [5.74, 6) is -0.704. The largest absolute Gasteiger partial charge is 0.515 e. The van der Waals surface area contributed by atoms with E-state index in [4.69, 9.17) is 18.9 Å². The lowest BCUT2D eigenvalue weighted by Crippen LogP contribution is -2.38. The number of carbonyl (C=O) groups excluding carboxylic acids is 2. The van der Waals surface area contributed by atoms with Crippen LogP contribution in [-0.4, -0.2) is 25.5 Å². The molecule has 30 heavy (non-hydrogen) atoms. The van der Waals surface area contributed by atoms with Crippen molar-refractivity contribution >= 4 is 18.0 Å². The van der Waals surface area contributed by atoms with E-state index in [0.29, 0.717) is 0 Å². The molecule has 0 atom stereocenters. The van der Waals surface area contributed by atoms with Gasteiger partial charge in [-0.05, 0) is 39.8 Å². The summed E-state index contributed by atoms with van der Waals surface area (Å²) in [6.07, 6.45) is -7.02. The molecule has 0 saturated heterocycles. The smallest absolute Gasteiger partial charge is 0.434 e. The number of hydrogen-bond acceptors (Lipinski definition) is 8. The molecule has 0 aromatic heterocycles. The third-order valence-corrected chi connectivity index (χ3v) is 3.76. The molecular weight excluding hydrogens is 409 g/mol. The van der Waals surface area contributed by atoms with Gasteiger partial charge in [-0.3, -0.25) is 0 Å². The highest BCUT2D eigenvalue weighted by Gasteiger charge is 2.40. The van der Waals surface area contributed by atoms with E-state index >= 15 is 0 Å². The number of nitrogens with one attached hydrogen (secondary N) is 1. The Bertz CT molecular complexity index is 837. The molecule has 1 heterocycles. The van der Waals surface area contributed by atoms with Crippen molar-refractivity contribution in [1.29, 1.82) is 0 Å². The van der Waals surface area contributed by atoms with Gasteiger partial charge in [0.1, 0.15) is 0 Å². The van der Waals surface area contributed by atoms with Crippen LogP contribution in [0, 0.1) is 0 Å². The fourth-order valence-electron chi connectivity index (χ4n) is 2.64. The molecule has 0 amide bonds. The topological polar surface area (TPSA) is 86.3 Å². The van der Waals surface area contributed by atoms with Crippen LogP contribution in [0.15, 0.2) is 47.4 Å². The van der Waals surface area contributed by atoms with E-state index in [9.17, 15) is 22.8 Å². The van der Waals surface area contributed by atoms with Crippen LogP contribution in [0.4, 0.5) is 28.4 Å². The lowest BCUT2D eigenvalue weighted by molar-refractivity contribution is -0.137. The number of halogens is 3. The van der Waals surface area contributed by atoms with Crippen LogP contribution in [-0.2, 0) is 25.1 Å². The van der Waals surface area contributed by atoms with Crippen LogP contribution in [0.5, 0.6) is 0 Å². The third-order valence-electron chi connectivity index (χ3n) is 3.76. The first-order chi connectivity index (χ1) is 14.1. The predicted octanol–water partition coefficient (Wildman–Crippen LogP) is 4.84. The summed E-state index contributed by atoms with van der Waals surface area (Å²) in [7, 11) is 0. The van der Waals surface area contributed by atoms with Gasteiger partial charge in [0.25, 0.3) is 0 Å². The highest BCUT2D eigenvalue weighted by atomic mass is 19.4. The molecule has 11 heteroatoms. The summed E-state index contributed by atoms with van der Waals surface area (Å²) in [5, 5.41) is 2.80. The van der Waals surface area contributed by atoms with Gasteiger partial charge in [0.2, 0.25) is 11.8 Å². The number of nitrogens with zero attached hydrogens (tertiary/aromatic N) is 1. The number of para-hydroxylation sites is 1. The van der Waals surface area contributed by atoms with Gasteiger partial charge >= 0.3 is 18.5 Å². The Kier molecular flexibility index (Phi) is 7.19. The Morgan fingerprint density at radius 3 is 1.83 bits per heavy atom. The van der Waals surface area contributed by atoms with Crippen LogP contribution >= 0.6 is 0 Å². The number of hydrogen-bond donors (Lipinski definition) is 1. The minimum Gasteiger partial charge on any atom is -0.434 e. The first-order valence-electron chi connectivity index (χ1n) is 8.94. The lowest BCUT2D eigenvalue weighted by atomic mass is 10.1. The monoisotopic (exact) mass is 430 g/mol. The van der Waals surface area contributed by atoms with Crippen molar-refractivity contribution < 1.29 is 41.7 Å². The number of allylic oxidation sites excluding steroid dienone is 2. The van der Waals surface area contributed by atoms with E-state index in [-0.39, 0.29) is 36.4 Å². The summed E-state index contributed by atoms with van der Waals surface area (Å²) >= 11 is 0. The summed E-state index contributed by atoms with van der Waals surface area (Å²) in [6, 6.07) is 4.57. The van der Waals surface area contributed by atoms with Crippen molar-refractivity contribution in [1.82, 2.24) is 5.32 Å². The molecule has 0 unspecified atom stereocenters. The van der Waals surface area contributed by atoms with Gasteiger partial charge in [-0.15, -0.1) is 0 Å². The Hall–Kier alpha value is -3.37. The Morgan fingerprint density at radius 1 is 0.933 bits per heavy atom. The van der Waals surface area contributed by atoms with E-state index in [0.717, 1.165) is 17.0 Å².